The van der Waals surface area contributed by atoms with E-state index in [-0.39, 0.29) is 11.8 Å². The predicted molar refractivity (Wildman–Crippen MR) is 178 cm³/mol. The van der Waals surface area contributed by atoms with Crippen LogP contribution >= 0.6 is 23.2 Å². The van der Waals surface area contributed by atoms with Crippen molar-refractivity contribution in [1.29, 1.82) is 0 Å². The number of nitrogens with zero attached hydrogens (tertiary/aromatic N) is 2. The molecule has 3 aromatic rings. The fourth-order valence-corrected chi connectivity index (χ4v) is 6.60. The topological polar surface area (TPSA) is 106 Å². The van der Waals surface area contributed by atoms with Gasteiger partial charge >= 0.3 is 0 Å². The van der Waals surface area contributed by atoms with E-state index >= 15 is 0 Å². The molecule has 1 aliphatic heterocycles. The number of piperidine rings is 1. The zero-order chi connectivity index (χ0) is 32.8. The van der Waals surface area contributed by atoms with Crippen molar-refractivity contribution in [3.8, 4) is 17.2 Å². The van der Waals surface area contributed by atoms with Gasteiger partial charge in [0.15, 0.2) is 11.5 Å². The number of methoxy groups -OCH3 is 3. The van der Waals surface area contributed by atoms with Gasteiger partial charge in [-0.25, -0.2) is 0 Å². The number of benzene rings is 3. The summed E-state index contributed by atoms with van der Waals surface area (Å²) in [6.45, 7) is 2.44. The van der Waals surface area contributed by atoms with Crippen LogP contribution in [0, 0.1) is 0 Å². The van der Waals surface area contributed by atoms with Gasteiger partial charge in [-0.1, -0.05) is 59.6 Å². The van der Waals surface area contributed by atoms with Gasteiger partial charge in [-0.05, 0) is 74.8 Å². The molecule has 45 heavy (non-hydrogen) atoms. The number of carbonyl (C=O) groups excluding carboxylic acids is 2. The summed E-state index contributed by atoms with van der Waals surface area (Å²) in [6.07, 6.45) is 1.90. The van der Waals surface area contributed by atoms with Crippen molar-refractivity contribution in [2.75, 3.05) is 61.6 Å². The van der Waals surface area contributed by atoms with Crippen LogP contribution in [0.4, 0.5) is 0 Å². The predicted octanol–water partition coefficient (Wildman–Crippen LogP) is 5.12. The number of carbonyl (C=O) groups is 2. The summed E-state index contributed by atoms with van der Waals surface area (Å²) in [5.41, 5.74) is 6.87. The number of nitrogens with two attached hydrogens (primary N) is 1. The Hall–Kier alpha value is -3.50. The molecule has 242 valence electrons. The molecule has 0 radical (unpaired) electrons. The number of hydrogen-bond donors (Lipinski definition) is 2. The zero-order valence-electron chi connectivity index (χ0n) is 26.5. The molecular weight excluding hydrogens is 615 g/mol. The number of halogens is 2. The van der Waals surface area contributed by atoms with Crippen molar-refractivity contribution in [3.63, 3.8) is 0 Å². The average Bonchev–Trinajstić information content (AvgIpc) is 3.07. The fourth-order valence-electron chi connectivity index (χ4n) is 6.30. The maximum atomic E-state index is 13.8. The van der Waals surface area contributed by atoms with E-state index in [2.05, 4.69) is 10.2 Å². The Bertz CT molecular complexity index is 1470. The molecule has 1 aliphatic rings. The van der Waals surface area contributed by atoms with E-state index < -0.39 is 11.0 Å². The number of ether oxygens (including phenoxy) is 3. The first-order valence-electron chi connectivity index (χ1n) is 14.8. The lowest BCUT2D eigenvalue weighted by Gasteiger charge is -2.43. The van der Waals surface area contributed by atoms with Crippen molar-refractivity contribution < 1.29 is 23.8 Å². The minimum atomic E-state index is -0.686. The highest BCUT2D eigenvalue weighted by molar-refractivity contribution is 6.42. The van der Waals surface area contributed by atoms with E-state index in [1.165, 1.54) is 21.3 Å². The van der Waals surface area contributed by atoms with Gasteiger partial charge in [0.05, 0.1) is 42.3 Å². The van der Waals surface area contributed by atoms with E-state index in [0.717, 1.165) is 11.1 Å². The van der Waals surface area contributed by atoms with Crippen LogP contribution in [-0.2, 0) is 15.7 Å². The summed E-state index contributed by atoms with van der Waals surface area (Å²) in [4.78, 5) is 30.6. The van der Waals surface area contributed by atoms with Crippen LogP contribution in [-0.4, -0.2) is 83.2 Å². The lowest BCUT2D eigenvalue weighted by atomic mass is 9.72. The number of rotatable bonds is 13. The first-order chi connectivity index (χ1) is 21.5. The van der Waals surface area contributed by atoms with Crippen molar-refractivity contribution in [2.24, 2.45) is 5.73 Å². The number of primary amides is 1. The van der Waals surface area contributed by atoms with Crippen LogP contribution in [0.25, 0.3) is 0 Å². The Morgan fingerprint density at radius 2 is 1.58 bits per heavy atom. The SMILES string of the molecule is CNC(CCN1CCC(C(N)=O)(c2ccccc2)CC1)(CN(C)C(=O)c1cc(OC)c(OC)c(OC)c1)c1ccc(Cl)c(Cl)c1. The molecule has 2 amide bonds. The minimum absolute atomic E-state index is 0.221. The Labute approximate surface area is 275 Å². The van der Waals surface area contributed by atoms with Gasteiger partial charge in [0.25, 0.3) is 5.91 Å². The highest BCUT2D eigenvalue weighted by Crippen LogP contribution is 2.40. The summed E-state index contributed by atoms with van der Waals surface area (Å²) < 4.78 is 16.4. The molecule has 4 rings (SSSR count). The second-order valence-electron chi connectivity index (χ2n) is 11.4. The van der Waals surface area contributed by atoms with Gasteiger partial charge in [0.2, 0.25) is 11.7 Å². The molecule has 3 aromatic carbocycles. The number of likely N-dealkylation sites (N-methyl/N-ethyl adjacent to an activating group) is 2. The molecule has 1 heterocycles. The molecule has 9 nitrogen and oxygen atoms in total. The quantitative estimate of drug-likeness (QED) is 0.263. The average molecular weight is 658 g/mol. The largest absolute Gasteiger partial charge is 0.493 e. The minimum Gasteiger partial charge on any atom is -0.493 e. The number of amides is 2. The third-order valence-corrected chi connectivity index (χ3v) is 9.82. The second-order valence-corrected chi connectivity index (χ2v) is 12.3. The van der Waals surface area contributed by atoms with Gasteiger partial charge in [-0.3, -0.25) is 9.59 Å². The molecule has 3 N–H and O–H groups in total. The van der Waals surface area contributed by atoms with Crippen LogP contribution in [0.15, 0.2) is 60.7 Å². The van der Waals surface area contributed by atoms with Crippen LogP contribution < -0.4 is 25.3 Å². The Kier molecular flexibility index (Phi) is 11.3. The molecule has 0 aliphatic carbocycles. The second kappa shape index (κ2) is 14.7. The van der Waals surface area contributed by atoms with E-state index in [1.54, 1.807) is 30.1 Å². The third kappa shape index (κ3) is 7.17. The fraction of sp³-hybridized carbons (Fsp3) is 0.412. The Morgan fingerprint density at radius 1 is 0.956 bits per heavy atom. The van der Waals surface area contributed by atoms with Gasteiger partial charge in [-0.2, -0.15) is 0 Å². The molecule has 1 unspecified atom stereocenters. The van der Waals surface area contributed by atoms with Gasteiger partial charge < -0.3 is 35.1 Å². The van der Waals surface area contributed by atoms with Gasteiger partial charge in [0, 0.05) is 25.7 Å². The molecule has 1 fully saturated rings. The molecule has 1 saturated heterocycles. The molecule has 1 atom stereocenters. The first kappa shape index (κ1) is 34.4. The highest BCUT2D eigenvalue weighted by atomic mass is 35.5. The molecule has 0 spiro atoms. The highest BCUT2D eigenvalue weighted by Gasteiger charge is 2.42. The van der Waals surface area contributed by atoms with E-state index in [1.807, 2.05) is 49.5 Å². The molecular formula is C34H42Cl2N4O5. The standard InChI is InChI=1S/C34H42Cl2N4O5/c1-38-34(25-11-12-26(35)27(36)21-25,22-39(2)31(41)23-19-28(43-3)30(45-5)29(20-23)44-4)15-18-40-16-13-33(14-17-40,32(37)42)24-9-7-6-8-10-24/h6-12,19-21,38H,13-18,22H2,1-5H3,(H2,37,42). The summed E-state index contributed by atoms with van der Waals surface area (Å²) in [7, 11) is 8.18. The molecule has 0 saturated carbocycles. The lowest BCUT2D eigenvalue weighted by Crippen LogP contribution is -2.54. The Morgan fingerprint density at radius 3 is 2.09 bits per heavy atom. The number of likely N-dealkylation sites (tertiary alicyclic amines) is 1. The van der Waals surface area contributed by atoms with Crippen molar-refractivity contribution in [1.82, 2.24) is 15.1 Å². The van der Waals surface area contributed by atoms with E-state index in [0.29, 0.717) is 78.3 Å². The van der Waals surface area contributed by atoms with Gasteiger partial charge in [-0.15, -0.1) is 0 Å². The maximum Gasteiger partial charge on any atom is 0.253 e. The summed E-state index contributed by atoms with van der Waals surface area (Å²) >= 11 is 12.8. The van der Waals surface area contributed by atoms with Crippen molar-refractivity contribution >= 4 is 35.0 Å². The molecule has 0 bridgehead atoms. The third-order valence-electron chi connectivity index (χ3n) is 9.08. The van der Waals surface area contributed by atoms with Crippen LogP contribution in [0.3, 0.4) is 0 Å². The van der Waals surface area contributed by atoms with Gasteiger partial charge in [0.1, 0.15) is 0 Å². The van der Waals surface area contributed by atoms with Crippen molar-refractivity contribution in [2.45, 2.75) is 30.2 Å². The van der Waals surface area contributed by atoms with Crippen LogP contribution in [0.5, 0.6) is 17.2 Å². The number of hydrogen-bond acceptors (Lipinski definition) is 7. The first-order valence-corrected chi connectivity index (χ1v) is 15.6. The summed E-state index contributed by atoms with van der Waals surface area (Å²) in [5.74, 6) is 0.687. The zero-order valence-corrected chi connectivity index (χ0v) is 28.0. The smallest absolute Gasteiger partial charge is 0.253 e. The monoisotopic (exact) mass is 656 g/mol. The number of nitrogens with one attached hydrogen (secondary N) is 1. The normalized spacial score (nSPS) is 16.0. The summed E-state index contributed by atoms with van der Waals surface area (Å²) in [6, 6.07) is 18.6. The molecule has 11 heteroatoms. The van der Waals surface area contributed by atoms with Crippen LogP contribution in [0.1, 0.15) is 40.7 Å². The maximum absolute atomic E-state index is 13.8. The molecule has 0 aromatic heterocycles. The van der Waals surface area contributed by atoms with E-state index in [4.69, 9.17) is 43.1 Å². The lowest BCUT2D eigenvalue weighted by molar-refractivity contribution is -0.125. The van der Waals surface area contributed by atoms with E-state index in [9.17, 15) is 9.59 Å². The Balaban J connectivity index is 1.59. The summed E-state index contributed by atoms with van der Waals surface area (Å²) in [5, 5.41) is 4.39. The van der Waals surface area contributed by atoms with Crippen LogP contribution in [0.2, 0.25) is 10.0 Å². The van der Waals surface area contributed by atoms with Crippen molar-refractivity contribution in [3.05, 3.63) is 87.4 Å².